The summed E-state index contributed by atoms with van der Waals surface area (Å²) in [6.07, 6.45) is 0.980. The highest BCUT2D eigenvalue weighted by molar-refractivity contribution is 9.10. The summed E-state index contributed by atoms with van der Waals surface area (Å²) < 4.78 is 48.5. The average molecular weight is 617 g/mol. The first-order chi connectivity index (χ1) is 19.2. The summed E-state index contributed by atoms with van der Waals surface area (Å²) in [5, 5.41) is 4.64. The zero-order valence-electron chi connectivity index (χ0n) is 22.6. The quantitative estimate of drug-likeness (QED) is 0.373. The van der Waals surface area contributed by atoms with E-state index in [-0.39, 0.29) is 55.9 Å². The Morgan fingerprint density at radius 1 is 1.20 bits per heavy atom. The molecule has 0 bridgehead atoms. The number of fused-ring (bicyclic) bond motifs is 2. The van der Waals surface area contributed by atoms with Crippen LogP contribution in [0.25, 0.3) is 10.8 Å². The predicted molar refractivity (Wildman–Crippen MR) is 151 cm³/mol. The lowest BCUT2D eigenvalue weighted by atomic mass is 9.84. The van der Waals surface area contributed by atoms with Gasteiger partial charge in [0.15, 0.2) is 11.6 Å². The van der Waals surface area contributed by atoms with Gasteiger partial charge in [0.25, 0.3) is 5.91 Å². The maximum absolute atomic E-state index is 15.5. The van der Waals surface area contributed by atoms with Gasteiger partial charge in [0.2, 0.25) is 11.7 Å². The number of nitrogens with zero attached hydrogens (tertiary/aromatic N) is 1. The zero-order chi connectivity index (χ0) is 28.6. The molecule has 0 unspecified atom stereocenters. The van der Waals surface area contributed by atoms with E-state index in [0.29, 0.717) is 17.7 Å². The third-order valence-electron chi connectivity index (χ3n) is 7.94. The molecule has 2 heterocycles. The lowest BCUT2D eigenvalue weighted by molar-refractivity contribution is -0.139. The van der Waals surface area contributed by atoms with Crippen molar-refractivity contribution in [3.8, 4) is 11.5 Å². The molecule has 7 nitrogen and oxygen atoms in total. The molecular formula is C30H31BrF2N2O5. The van der Waals surface area contributed by atoms with Crippen molar-refractivity contribution in [2.45, 2.75) is 51.3 Å². The van der Waals surface area contributed by atoms with Crippen LogP contribution in [0.2, 0.25) is 0 Å². The number of carbonyl (C=O) groups is 2. The van der Waals surface area contributed by atoms with Crippen molar-refractivity contribution in [3.05, 3.63) is 64.1 Å². The van der Waals surface area contributed by atoms with Gasteiger partial charge < -0.3 is 24.4 Å². The van der Waals surface area contributed by atoms with Crippen LogP contribution in [-0.2, 0) is 20.9 Å². The first-order valence-electron chi connectivity index (χ1n) is 13.3. The Kier molecular flexibility index (Phi) is 8.01. The molecule has 10 heteroatoms. The molecule has 2 aliphatic heterocycles. The summed E-state index contributed by atoms with van der Waals surface area (Å²) in [6.45, 7) is 4.09. The number of methoxy groups -OCH3 is 1. The van der Waals surface area contributed by atoms with Crippen LogP contribution in [0.1, 0.15) is 38.7 Å². The second-order valence-electron chi connectivity index (χ2n) is 10.3. The average Bonchev–Trinajstić information content (AvgIpc) is 3.04. The molecule has 3 aromatic carbocycles. The highest BCUT2D eigenvalue weighted by Gasteiger charge is 2.52. The Bertz CT molecular complexity index is 1460. The smallest absolute Gasteiger partial charge is 0.254 e. The van der Waals surface area contributed by atoms with E-state index < -0.39 is 29.2 Å². The first kappa shape index (κ1) is 28.3. The second-order valence-corrected chi connectivity index (χ2v) is 11.2. The number of hydrogen-bond acceptors (Lipinski definition) is 5. The number of amides is 2. The van der Waals surface area contributed by atoms with E-state index in [9.17, 15) is 14.0 Å². The molecule has 40 heavy (non-hydrogen) atoms. The summed E-state index contributed by atoms with van der Waals surface area (Å²) in [4.78, 5) is 29.1. The Morgan fingerprint density at radius 2 is 1.95 bits per heavy atom. The van der Waals surface area contributed by atoms with Gasteiger partial charge in [-0.15, -0.1) is 0 Å². The van der Waals surface area contributed by atoms with Gasteiger partial charge in [-0.25, -0.2) is 4.39 Å². The van der Waals surface area contributed by atoms with Gasteiger partial charge in [-0.3, -0.25) is 9.59 Å². The monoisotopic (exact) mass is 616 g/mol. The fourth-order valence-corrected chi connectivity index (χ4v) is 5.76. The van der Waals surface area contributed by atoms with Gasteiger partial charge in [0.1, 0.15) is 17.4 Å². The highest BCUT2D eigenvalue weighted by atomic mass is 79.9. The third-order valence-corrected chi connectivity index (χ3v) is 8.43. The van der Waals surface area contributed by atoms with E-state index >= 15 is 4.39 Å². The Balaban J connectivity index is 1.70. The number of benzene rings is 3. The molecule has 2 aliphatic rings. The van der Waals surface area contributed by atoms with Crippen molar-refractivity contribution >= 4 is 44.2 Å². The number of halogens is 3. The van der Waals surface area contributed by atoms with E-state index in [1.165, 1.54) is 18.1 Å². The van der Waals surface area contributed by atoms with Crippen molar-refractivity contribution < 1.29 is 32.6 Å². The van der Waals surface area contributed by atoms with Crippen molar-refractivity contribution in [2.75, 3.05) is 25.2 Å². The van der Waals surface area contributed by atoms with Crippen LogP contribution in [-0.4, -0.2) is 43.8 Å². The van der Waals surface area contributed by atoms with Crippen LogP contribution in [0.5, 0.6) is 11.5 Å². The highest BCUT2D eigenvalue weighted by Crippen LogP contribution is 2.44. The van der Waals surface area contributed by atoms with E-state index in [1.807, 2.05) is 31.2 Å². The number of rotatable bonds is 6. The minimum absolute atomic E-state index is 0.0370. The van der Waals surface area contributed by atoms with E-state index in [0.717, 1.165) is 21.3 Å². The molecule has 2 atom stereocenters. The summed E-state index contributed by atoms with van der Waals surface area (Å²) in [6, 6.07) is 10.6. The van der Waals surface area contributed by atoms with E-state index in [1.54, 1.807) is 13.0 Å². The molecule has 1 fully saturated rings. The van der Waals surface area contributed by atoms with Gasteiger partial charge in [-0.2, -0.15) is 4.39 Å². The van der Waals surface area contributed by atoms with Crippen LogP contribution in [0, 0.1) is 17.6 Å². The van der Waals surface area contributed by atoms with Gasteiger partial charge in [0.05, 0.1) is 32.6 Å². The van der Waals surface area contributed by atoms with Gasteiger partial charge in [0, 0.05) is 28.8 Å². The Morgan fingerprint density at radius 3 is 2.65 bits per heavy atom. The molecule has 1 saturated heterocycles. The molecule has 0 radical (unpaired) electrons. The summed E-state index contributed by atoms with van der Waals surface area (Å²) >= 11 is 3.50. The Hall–Kier alpha value is -3.24. The minimum Gasteiger partial charge on any atom is -0.496 e. The maximum Gasteiger partial charge on any atom is 0.254 e. The maximum atomic E-state index is 15.5. The van der Waals surface area contributed by atoms with Crippen LogP contribution in [0.3, 0.4) is 0 Å². The second kappa shape index (κ2) is 11.3. The van der Waals surface area contributed by atoms with E-state index in [2.05, 4.69) is 21.2 Å². The van der Waals surface area contributed by atoms with Gasteiger partial charge in [-0.05, 0) is 47.5 Å². The van der Waals surface area contributed by atoms with Crippen LogP contribution in [0.4, 0.5) is 14.5 Å². The number of ether oxygens (including phenoxy) is 3. The predicted octanol–water partition coefficient (Wildman–Crippen LogP) is 5.89. The SMILES string of the molecule is CC[C@@H](C)C(=O)N[C@H]1C(=O)N(Cc2c(OC)ccc3cc(Br)ccc23)c2ccc(F)c(F)c2OC12CCOCC2. The number of hydrogen-bond donors (Lipinski definition) is 1. The normalized spacial score (nSPS) is 19.1. The van der Waals surface area contributed by atoms with Gasteiger partial charge in [-0.1, -0.05) is 41.9 Å². The van der Waals surface area contributed by atoms with Crippen molar-refractivity contribution in [1.82, 2.24) is 5.32 Å². The lowest BCUT2D eigenvalue weighted by Crippen LogP contribution is -2.64. The molecule has 3 aromatic rings. The third kappa shape index (κ3) is 5.03. The van der Waals surface area contributed by atoms with Crippen LogP contribution < -0.4 is 19.7 Å². The van der Waals surface area contributed by atoms with Crippen LogP contribution in [0.15, 0.2) is 46.9 Å². The minimum atomic E-state index is -1.33. The molecular weight excluding hydrogens is 586 g/mol. The lowest BCUT2D eigenvalue weighted by Gasteiger charge is -2.41. The fourth-order valence-electron chi connectivity index (χ4n) is 5.38. The summed E-state index contributed by atoms with van der Waals surface area (Å²) in [5.74, 6) is -3.29. The molecule has 1 N–H and O–H groups in total. The molecule has 5 rings (SSSR count). The fraction of sp³-hybridized carbons (Fsp3) is 0.400. The molecule has 1 spiro atoms. The van der Waals surface area contributed by atoms with Crippen molar-refractivity contribution in [3.63, 3.8) is 0 Å². The van der Waals surface area contributed by atoms with Crippen LogP contribution >= 0.6 is 15.9 Å². The Labute approximate surface area is 239 Å². The summed E-state index contributed by atoms with van der Waals surface area (Å²) in [5.41, 5.74) is -0.581. The van der Waals surface area contributed by atoms with Crippen molar-refractivity contribution in [1.29, 1.82) is 0 Å². The first-order valence-corrected chi connectivity index (χ1v) is 14.1. The molecule has 0 saturated carbocycles. The topological polar surface area (TPSA) is 77.1 Å². The number of anilines is 1. The molecule has 2 amide bonds. The van der Waals surface area contributed by atoms with E-state index in [4.69, 9.17) is 14.2 Å². The zero-order valence-corrected chi connectivity index (χ0v) is 24.1. The largest absolute Gasteiger partial charge is 0.496 e. The van der Waals surface area contributed by atoms with Gasteiger partial charge >= 0.3 is 0 Å². The number of nitrogens with one attached hydrogen (secondary N) is 1. The summed E-state index contributed by atoms with van der Waals surface area (Å²) in [7, 11) is 1.53. The number of carbonyl (C=O) groups excluding carboxylic acids is 2. The standard InChI is InChI=1S/C30H31BrF2N2O5/c1-4-17(2)28(36)34-27-29(37)35(16-21-20-7-6-19(31)15-18(20)5-10-24(21)38-3)23-9-8-22(32)25(33)26(23)40-30(27)11-13-39-14-12-30/h5-10,15,17,27H,4,11-14,16H2,1-3H3,(H,34,36)/t17-,27+/m1/s1. The molecule has 0 aliphatic carbocycles. The molecule has 0 aromatic heterocycles. The molecule has 212 valence electrons. The van der Waals surface area contributed by atoms with Crippen molar-refractivity contribution in [2.24, 2.45) is 5.92 Å².